The van der Waals surface area contributed by atoms with Crippen LogP contribution in [0, 0.1) is 0 Å². The third-order valence-electron chi connectivity index (χ3n) is 4.87. The highest BCUT2D eigenvalue weighted by Gasteiger charge is 2.20. The van der Waals surface area contributed by atoms with E-state index in [1.807, 2.05) is 0 Å². The molecule has 0 spiro atoms. The lowest BCUT2D eigenvalue weighted by atomic mass is 10.1. The van der Waals surface area contributed by atoms with Gasteiger partial charge in [-0.1, -0.05) is 53.0 Å². The van der Waals surface area contributed by atoms with Gasteiger partial charge in [0.2, 0.25) is 0 Å². The number of carbonyl (C=O) groups is 1. The molecule has 0 heterocycles. The van der Waals surface area contributed by atoms with Gasteiger partial charge in [-0.05, 0) is 82.7 Å². The van der Waals surface area contributed by atoms with E-state index < -0.39 is 15.9 Å². The second-order valence-electron chi connectivity index (χ2n) is 7.35. The Bertz CT molecular complexity index is 1550. The molecule has 0 unspecified atom stereocenters. The first-order valence-electron chi connectivity index (χ1n) is 10.2. The predicted octanol–water partition coefficient (Wildman–Crippen LogP) is 8.25. The Balaban J connectivity index is 1.56. The number of rotatable bonds is 7. The molecule has 0 aliphatic rings. The third-order valence-corrected chi connectivity index (χ3v) is 8.20. The fraction of sp³-hybridized carbons (Fsp3) is 0. The van der Waals surface area contributed by atoms with Crippen LogP contribution >= 0.6 is 50.7 Å². The molecule has 0 atom stereocenters. The number of anilines is 2. The SMILES string of the molecule is O=C(Nc1cccc(Cl)c1Br)c1cc(Cl)ccc1NS(=O)(=O)c1ccc(Oc2ccccc2Cl)cc1. The summed E-state index contributed by atoms with van der Waals surface area (Å²) in [5, 5.41) is 3.79. The van der Waals surface area contributed by atoms with Gasteiger partial charge < -0.3 is 10.1 Å². The van der Waals surface area contributed by atoms with E-state index in [9.17, 15) is 13.2 Å². The Morgan fingerprint density at radius 3 is 2.22 bits per heavy atom. The van der Waals surface area contributed by atoms with Crippen LogP contribution in [0.3, 0.4) is 0 Å². The van der Waals surface area contributed by atoms with E-state index in [1.165, 1.54) is 42.5 Å². The second kappa shape index (κ2) is 11.1. The molecule has 4 aromatic carbocycles. The molecule has 0 saturated heterocycles. The maximum Gasteiger partial charge on any atom is 0.261 e. The maximum absolute atomic E-state index is 13.1. The van der Waals surface area contributed by atoms with Crippen molar-refractivity contribution >= 4 is 78.0 Å². The molecule has 2 N–H and O–H groups in total. The van der Waals surface area contributed by atoms with Crippen molar-refractivity contribution in [1.82, 2.24) is 0 Å². The maximum atomic E-state index is 13.1. The van der Waals surface area contributed by atoms with Crippen LogP contribution in [0.4, 0.5) is 11.4 Å². The second-order valence-corrected chi connectivity index (χ2v) is 11.1. The average Bonchev–Trinajstić information content (AvgIpc) is 2.85. The van der Waals surface area contributed by atoms with E-state index in [2.05, 4.69) is 26.0 Å². The van der Waals surface area contributed by atoms with Crippen molar-refractivity contribution < 1.29 is 17.9 Å². The van der Waals surface area contributed by atoms with Crippen LogP contribution < -0.4 is 14.8 Å². The van der Waals surface area contributed by atoms with Crippen LogP contribution in [0.5, 0.6) is 11.5 Å². The van der Waals surface area contributed by atoms with Gasteiger partial charge >= 0.3 is 0 Å². The van der Waals surface area contributed by atoms with Gasteiger partial charge in [-0.25, -0.2) is 8.42 Å². The molecular formula is C25H16BrCl3N2O4S. The average molecular weight is 627 g/mol. The van der Waals surface area contributed by atoms with Crippen molar-refractivity contribution in [2.75, 3.05) is 10.0 Å². The molecule has 4 aromatic rings. The van der Waals surface area contributed by atoms with E-state index in [4.69, 9.17) is 39.5 Å². The van der Waals surface area contributed by atoms with Crippen molar-refractivity contribution in [2.45, 2.75) is 4.90 Å². The van der Waals surface area contributed by atoms with Crippen molar-refractivity contribution in [3.05, 3.63) is 110 Å². The van der Waals surface area contributed by atoms with Crippen LogP contribution in [0.2, 0.25) is 15.1 Å². The zero-order valence-electron chi connectivity index (χ0n) is 18.1. The summed E-state index contributed by atoms with van der Waals surface area (Å²) in [7, 11) is -4.05. The number of benzene rings is 4. The summed E-state index contributed by atoms with van der Waals surface area (Å²) in [4.78, 5) is 13.0. The van der Waals surface area contributed by atoms with E-state index in [1.54, 1.807) is 42.5 Å². The fourth-order valence-electron chi connectivity index (χ4n) is 3.13. The standard InChI is InChI=1S/C25H16BrCl3N2O4S/c26-24-20(29)5-3-6-22(24)30-25(32)18-14-15(27)8-13-21(18)31-36(33,34)17-11-9-16(10-12-17)35-23-7-2-1-4-19(23)28/h1-14,31H,(H,30,32). The van der Waals surface area contributed by atoms with Gasteiger partial charge in [-0.15, -0.1) is 0 Å². The first-order chi connectivity index (χ1) is 17.1. The molecule has 0 radical (unpaired) electrons. The Morgan fingerprint density at radius 1 is 0.806 bits per heavy atom. The molecule has 184 valence electrons. The number of hydrogen-bond acceptors (Lipinski definition) is 4. The van der Waals surface area contributed by atoms with Gasteiger partial charge in [0, 0.05) is 5.02 Å². The number of sulfonamides is 1. The van der Waals surface area contributed by atoms with E-state index in [0.717, 1.165) is 0 Å². The number of para-hydroxylation sites is 1. The molecule has 6 nitrogen and oxygen atoms in total. The van der Waals surface area contributed by atoms with Gasteiger partial charge in [-0.2, -0.15) is 0 Å². The topological polar surface area (TPSA) is 84.5 Å². The summed E-state index contributed by atoms with van der Waals surface area (Å²) >= 11 is 21.6. The summed E-state index contributed by atoms with van der Waals surface area (Å²) < 4.78 is 34.8. The van der Waals surface area contributed by atoms with Gasteiger partial charge in [0.15, 0.2) is 0 Å². The Hall–Kier alpha value is -2.75. The van der Waals surface area contributed by atoms with E-state index in [0.29, 0.717) is 31.7 Å². The van der Waals surface area contributed by atoms with Crippen LogP contribution in [0.15, 0.2) is 94.3 Å². The Morgan fingerprint density at radius 2 is 1.50 bits per heavy atom. The molecule has 0 aromatic heterocycles. The van der Waals surface area contributed by atoms with Crippen LogP contribution in [0.1, 0.15) is 10.4 Å². The van der Waals surface area contributed by atoms with E-state index in [-0.39, 0.29) is 21.2 Å². The number of amides is 1. The molecular weight excluding hydrogens is 611 g/mol. The molecule has 0 aliphatic carbocycles. The van der Waals surface area contributed by atoms with Crippen molar-refractivity contribution in [3.63, 3.8) is 0 Å². The summed E-state index contributed by atoms with van der Waals surface area (Å²) in [6, 6.07) is 21.9. The fourth-order valence-corrected chi connectivity index (χ4v) is 5.09. The minimum Gasteiger partial charge on any atom is -0.456 e. The largest absolute Gasteiger partial charge is 0.456 e. The first-order valence-corrected chi connectivity index (χ1v) is 13.7. The normalized spacial score (nSPS) is 11.1. The van der Waals surface area contributed by atoms with Gasteiger partial charge in [0.25, 0.3) is 15.9 Å². The highest BCUT2D eigenvalue weighted by molar-refractivity contribution is 9.10. The monoisotopic (exact) mass is 624 g/mol. The molecule has 0 saturated carbocycles. The molecule has 4 rings (SSSR count). The molecule has 0 fully saturated rings. The molecule has 1 amide bonds. The lowest BCUT2D eigenvalue weighted by Crippen LogP contribution is -2.19. The van der Waals surface area contributed by atoms with Gasteiger partial charge in [-0.3, -0.25) is 9.52 Å². The van der Waals surface area contributed by atoms with Crippen molar-refractivity contribution in [1.29, 1.82) is 0 Å². The number of ether oxygens (including phenoxy) is 1. The first kappa shape index (κ1) is 26.3. The number of nitrogens with one attached hydrogen (secondary N) is 2. The summed E-state index contributed by atoms with van der Waals surface area (Å²) in [5.41, 5.74) is 0.485. The highest BCUT2D eigenvalue weighted by Crippen LogP contribution is 2.32. The van der Waals surface area contributed by atoms with Crippen molar-refractivity contribution in [2.24, 2.45) is 0 Å². The van der Waals surface area contributed by atoms with Gasteiger partial charge in [0.1, 0.15) is 11.5 Å². The zero-order chi connectivity index (χ0) is 25.9. The smallest absolute Gasteiger partial charge is 0.261 e. The zero-order valence-corrected chi connectivity index (χ0v) is 22.8. The Labute approximate surface area is 231 Å². The highest BCUT2D eigenvalue weighted by atomic mass is 79.9. The van der Waals surface area contributed by atoms with E-state index >= 15 is 0 Å². The minimum atomic E-state index is -4.05. The summed E-state index contributed by atoms with van der Waals surface area (Å²) in [5.74, 6) is 0.262. The van der Waals surface area contributed by atoms with Crippen LogP contribution in [-0.2, 0) is 10.0 Å². The lowest BCUT2D eigenvalue weighted by molar-refractivity contribution is 0.102. The quantitative estimate of drug-likeness (QED) is 0.216. The summed E-state index contributed by atoms with van der Waals surface area (Å²) in [6.07, 6.45) is 0. The number of hydrogen-bond donors (Lipinski definition) is 2. The lowest BCUT2D eigenvalue weighted by Gasteiger charge is -2.14. The van der Waals surface area contributed by atoms with Crippen LogP contribution in [0.25, 0.3) is 0 Å². The van der Waals surface area contributed by atoms with Gasteiger partial charge in [0.05, 0.1) is 36.4 Å². The summed E-state index contributed by atoms with van der Waals surface area (Å²) in [6.45, 7) is 0. The number of halogens is 4. The number of carbonyl (C=O) groups excluding carboxylic acids is 1. The minimum absolute atomic E-state index is 0.0247. The Kier molecular flexibility index (Phi) is 8.12. The van der Waals surface area contributed by atoms with Crippen molar-refractivity contribution in [3.8, 4) is 11.5 Å². The molecule has 36 heavy (non-hydrogen) atoms. The molecule has 0 aliphatic heterocycles. The molecule has 0 bridgehead atoms. The third kappa shape index (κ3) is 6.14. The predicted molar refractivity (Wildman–Crippen MR) is 147 cm³/mol. The molecule has 11 heteroatoms. The van der Waals surface area contributed by atoms with Crippen LogP contribution in [-0.4, -0.2) is 14.3 Å².